The van der Waals surface area contributed by atoms with Crippen molar-refractivity contribution in [3.05, 3.63) is 52.8 Å². The number of carbonyl (C=O) groups excluding carboxylic acids is 2. The van der Waals surface area contributed by atoms with Gasteiger partial charge in [0.1, 0.15) is 18.9 Å². The third kappa shape index (κ3) is 3.22. The van der Waals surface area contributed by atoms with Crippen molar-refractivity contribution in [3.8, 4) is 5.75 Å². The Labute approximate surface area is 166 Å². The highest BCUT2D eigenvalue weighted by atomic mass is 16.5. The van der Waals surface area contributed by atoms with Crippen molar-refractivity contribution in [2.24, 2.45) is 0 Å². The summed E-state index contributed by atoms with van der Waals surface area (Å²) in [5.41, 5.74) is 1.74. The minimum Gasteiger partial charge on any atom is -0.494 e. The van der Waals surface area contributed by atoms with Gasteiger partial charge in [-0.05, 0) is 37.5 Å². The topological polar surface area (TPSA) is 107 Å². The van der Waals surface area contributed by atoms with E-state index < -0.39 is 12.0 Å². The Balaban J connectivity index is 1.43. The zero-order valence-corrected chi connectivity index (χ0v) is 15.9. The average molecular weight is 396 g/mol. The molecule has 9 heteroatoms. The summed E-state index contributed by atoms with van der Waals surface area (Å²) in [4.78, 5) is 31.1. The van der Waals surface area contributed by atoms with Crippen LogP contribution in [0.3, 0.4) is 0 Å². The van der Waals surface area contributed by atoms with E-state index >= 15 is 0 Å². The van der Waals surface area contributed by atoms with Crippen LogP contribution in [0.4, 0.5) is 4.79 Å². The lowest BCUT2D eigenvalue weighted by atomic mass is 9.95. The lowest BCUT2D eigenvalue weighted by molar-refractivity contribution is -0.136. The summed E-state index contributed by atoms with van der Waals surface area (Å²) >= 11 is 0. The third-order valence-electron chi connectivity index (χ3n) is 5.24. The Kier molecular flexibility index (Phi) is 4.22. The number of amides is 2. The molecular weight excluding hydrogens is 376 g/mol. The number of benzene rings is 1. The highest BCUT2D eigenvalue weighted by molar-refractivity contribution is 5.97. The zero-order valence-electron chi connectivity index (χ0n) is 15.9. The quantitative estimate of drug-likeness (QED) is 0.747. The minimum atomic E-state index is -0.580. The summed E-state index contributed by atoms with van der Waals surface area (Å²) in [6.07, 6.45) is 2.12. The van der Waals surface area contributed by atoms with E-state index in [9.17, 15) is 9.59 Å². The second-order valence-corrected chi connectivity index (χ2v) is 7.23. The number of carbonyl (C=O) groups is 2. The molecule has 2 aromatic rings. The summed E-state index contributed by atoms with van der Waals surface area (Å²) in [6, 6.07) is 6.38. The number of hydrogen-bond donors (Lipinski definition) is 1. The van der Waals surface area contributed by atoms with Gasteiger partial charge >= 0.3 is 12.0 Å². The van der Waals surface area contributed by atoms with Crippen molar-refractivity contribution in [1.29, 1.82) is 0 Å². The predicted molar refractivity (Wildman–Crippen MR) is 98.7 cm³/mol. The van der Waals surface area contributed by atoms with Crippen LogP contribution in [0.25, 0.3) is 0 Å². The number of aromatic nitrogens is 2. The number of nitrogens with zero attached hydrogens (tertiary/aromatic N) is 3. The molecule has 1 aliphatic carbocycles. The monoisotopic (exact) mass is 396 g/mol. The molecule has 3 heterocycles. The van der Waals surface area contributed by atoms with Crippen LogP contribution in [0, 0.1) is 0 Å². The van der Waals surface area contributed by atoms with Crippen LogP contribution in [0.1, 0.15) is 49.0 Å². The molecule has 2 amide bonds. The normalized spacial score (nSPS) is 21.1. The smallest absolute Gasteiger partial charge is 0.338 e. The van der Waals surface area contributed by atoms with Crippen molar-refractivity contribution >= 4 is 12.0 Å². The van der Waals surface area contributed by atoms with Crippen LogP contribution in [0.5, 0.6) is 5.75 Å². The Hall–Kier alpha value is -3.36. The molecule has 0 spiro atoms. The number of cyclic esters (lactones) is 1. The molecule has 3 aliphatic rings. The van der Waals surface area contributed by atoms with Gasteiger partial charge in [-0.25, -0.2) is 9.59 Å². The predicted octanol–water partition coefficient (Wildman–Crippen LogP) is 2.42. The van der Waals surface area contributed by atoms with Gasteiger partial charge in [0.25, 0.3) is 0 Å². The second kappa shape index (κ2) is 6.91. The number of hydrogen-bond acceptors (Lipinski definition) is 7. The van der Waals surface area contributed by atoms with E-state index in [4.69, 9.17) is 14.0 Å². The van der Waals surface area contributed by atoms with E-state index in [0.717, 1.165) is 24.2 Å². The summed E-state index contributed by atoms with van der Waals surface area (Å²) < 4.78 is 16.0. The van der Waals surface area contributed by atoms with E-state index in [1.807, 2.05) is 31.2 Å². The number of rotatable bonds is 6. The van der Waals surface area contributed by atoms with Gasteiger partial charge in [0.2, 0.25) is 5.89 Å². The molecule has 29 heavy (non-hydrogen) atoms. The maximum Gasteiger partial charge on any atom is 0.338 e. The van der Waals surface area contributed by atoms with Gasteiger partial charge in [0.05, 0.1) is 23.9 Å². The highest BCUT2D eigenvalue weighted by Gasteiger charge is 2.42. The molecule has 150 valence electrons. The average Bonchev–Trinajstić information content (AvgIpc) is 3.35. The summed E-state index contributed by atoms with van der Waals surface area (Å²) in [7, 11) is 0. The van der Waals surface area contributed by atoms with Crippen molar-refractivity contribution in [3.63, 3.8) is 0 Å². The number of nitrogens with one attached hydrogen (secondary N) is 1. The summed E-state index contributed by atoms with van der Waals surface area (Å²) in [6.45, 7) is 2.61. The van der Waals surface area contributed by atoms with Crippen molar-refractivity contribution in [2.45, 2.75) is 38.3 Å². The van der Waals surface area contributed by atoms with E-state index in [0.29, 0.717) is 35.5 Å². The van der Waals surface area contributed by atoms with E-state index in [1.165, 1.54) is 4.90 Å². The van der Waals surface area contributed by atoms with Crippen LogP contribution in [0.15, 0.2) is 40.1 Å². The lowest BCUT2D eigenvalue weighted by Gasteiger charge is -2.32. The van der Waals surface area contributed by atoms with E-state index in [-0.39, 0.29) is 19.2 Å². The fourth-order valence-corrected chi connectivity index (χ4v) is 3.63. The zero-order chi connectivity index (χ0) is 20.0. The Morgan fingerprint density at radius 3 is 2.76 bits per heavy atom. The number of urea groups is 1. The molecule has 1 atom stereocenters. The first-order chi connectivity index (χ1) is 14.1. The molecule has 1 N–H and O–H groups in total. The lowest BCUT2D eigenvalue weighted by Crippen LogP contribution is -2.46. The molecule has 5 rings (SSSR count). The standard InChI is InChI=1S/C20H20N4O5/c1-2-27-13-7-5-11(6-8-13)17-16-14(10-28-19(16)25)24(20(26)22-17)9-15-21-18(23-29-15)12-3-4-12/h5-8,12,17H,2-4,9-10H2,1H3,(H,22,26)/t17-/m1/s1. The van der Waals surface area contributed by atoms with Gasteiger partial charge in [0, 0.05) is 5.92 Å². The van der Waals surface area contributed by atoms with Crippen LogP contribution < -0.4 is 10.1 Å². The summed E-state index contributed by atoms with van der Waals surface area (Å²) in [5, 5.41) is 6.88. The highest BCUT2D eigenvalue weighted by Crippen LogP contribution is 2.39. The fraction of sp³-hybridized carbons (Fsp3) is 0.400. The van der Waals surface area contributed by atoms with Crippen molar-refractivity contribution in [1.82, 2.24) is 20.4 Å². The van der Waals surface area contributed by atoms with Gasteiger partial charge in [-0.3, -0.25) is 4.90 Å². The van der Waals surface area contributed by atoms with Crippen molar-refractivity contribution in [2.75, 3.05) is 13.2 Å². The van der Waals surface area contributed by atoms with E-state index in [2.05, 4.69) is 15.5 Å². The molecular formula is C20H20N4O5. The number of ether oxygens (including phenoxy) is 2. The van der Waals surface area contributed by atoms with Gasteiger partial charge in [-0.1, -0.05) is 17.3 Å². The Bertz CT molecular complexity index is 993. The second-order valence-electron chi connectivity index (χ2n) is 7.23. The molecule has 1 aromatic heterocycles. The molecule has 9 nitrogen and oxygen atoms in total. The molecule has 1 aromatic carbocycles. The maximum absolute atomic E-state index is 12.9. The first kappa shape index (κ1) is 17.7. The fourth-order valence-electron chi connectivity index (χ4n) is 3.63. The number of esters is 1. The van der Waals surface area contributed by atoms with Gasteiger partial charge in [-0.15, -0.1) is 0 Å². The van der Waals surface area contributed by atoms with Crippen LogP contribution in [-0.2, 0) is 16.1 Å². The van der Waals surface area contributed by atoms with Crippen LogP contribution >= 0.6 is 0 Å². The van der Waals surface area contributed by atoms with Crippen molar-refractivity contribution < 1.29 is 23.6 Å². The largest absolute Gasteiger partial charge is 0.494 e. The molecule has 0 saturated heterocycles. The van der Waals surface area contributed by atoms with Gasteiger partial charge in [-0.2, -0.15) is 4.98 Å². The van der Waals surface area contributed by atoms with Gasteiger partial charge < -0.3 is 19.3 Å². The van der Waals surface area contributed by atoms with Crippen LogP contribution in [0.2, 0.25) is 0 Å². The maximum atomic E-state index is 12.9. The Morgan fingerprint density at radius 2 is 2.03 bits per heavy atom. The molecule has 2 aliphatic heterocycles. The Morgan fingerprint density at radius 1 is 1.24 bits per heavy atom. The molecule has 1 saturated carbocycles. The van der Waals surface area contributed by atoms with E-state index in [1.54, 1.807) is 0 Å². The van der Waals surface area contributed by atoms with Crippen LogP contribution in [-0.4, -0.2) is 40.3 Å². The summed E-state index contributed by atoms with van der Waals surface area (Å²) in [5.74, 6) is 1.67. The minimum absolute atomic E-state index is 0.0404. The molecule has 1 fully saturated rings. The first-order valence-corrected chi connectivity index (χ1v) is 9.67. The SMILES string of the molecule is CCOc1ccc([C@H]2NC(=O)N(Cc3nc(C4CC4)no3)C3=C2C(=O)OC3)cc1. The van der Waals surface area contributed by atoms with Gasteiger partial charge in [0.15, 0.2) is 5.82 Å². The molecule has 0 bridgehead atoms. The first-order valence-electron chi connectivity index (χ1n) is 9.67. The molecule has 0 unspecified atom stereocenters. The third-order valence-corrected chi connectivity index (χ3v) is 5.24. The molecule has 0 radical (unpaired) electrons.